The predicted molar refractivity (Wildman–Crippen MR) is 120 cm³/mol. The first-order valence-electron chi connectivity index (χ1n) is 11.2. The van der Waals surface area contributed by atoms with Gasteiger partial charge in [0.1, 0.15) is 17.3 Å². The molecule has 2 bridgehead atoms. The minimum Gasteiger partial charge on any atom is -0.366 e. The van der Waals surface area contributed by atoms with Crippen molar-refractivity contribution >= 4 is 22.6 Å². The fraction of sp³-hybridized carbons (Fsp3) is 0.417. The number of amides is 1. The first-order valence-corrected chi connectivity index (χ1v) is 11.2. The Labute approximate surface area is 185 Å². The maximum absolute atomic E-state index is 15.0. The standard InChI is InChI=1S/C24H27F2N5O/c1-2-31-19(8-15-7-16(23(27)32)11-28-24(15)31)6-3-14-9-21(26)22(10-20(14)25)30-12-17-4-5-18(13-30)29-17/h7-11,17-18,29H,2-6,12-13H2,1H3,(H2,27,32). The average Bonchev–Trinajstić information content (AvgIpc) is 3.31. The minimum absolute atomic E-state index is 0.349. The molecule has 0 spiro atoms. The second-order valence-corrected chi connectivity index (χ2v) is 8.82. The summed E-state index contributed by atoms with van der Waals surface area (Å²) in [6.07, 6.45) is 4.55. The molecule has 1 amide bonds. The van der Waals surface area contributed by atoms with E-state index in [0.29, 0.717) is 61.4 Å². The van der Waals surface area contributed by atoms with Crippen LogP contribution in [0, 0.1) is 11.6 Å². The normalized spacial score (nSPS) is 20.3. The summed E-state index contributed by atoms with van der Waals surface area (Å²) in [6.45, 7) is 4.11. The third kappa shape index (κ3) is 3.72. The summed E-state index contributed by atoms with van der Waals surface area (Å²) in [5.41, 5.74) is 8.14. The number of hydrogen-bond donors (Lipinski definition) is 2. The number of fused-ring (bicyclic) bond motifs is 3. The van der Waals surface area contributed by atoms with Gasteiger partial charge in [-0.2, -0.15) is 0 Å². The van der Waals surface area contributed by atoms with Crippen molar-refractivity contribution in [3.8, 4) is 0 Å². The number of carbonyl (C=O) groups excluding carboxylic acids is 1. The molecule has 2 saturated heterocycles. The highest BCUT2D eigenvalue weighted by atomic mass is 19.1. The Morgan fingerprint density at radius 2 is 1.88 bits per heavy atom. The summed E-state index contributed by atoms with van der Waals surface area (Å²) < 4.78 is 31.9. The average molecular weight is 440 g/mol. The molecule has 2 fully saturated rings. The van der Waals surface area contributed by atoms with E-state index in [4.69, 9.17) is 5.73 Å². The molecule has 6 nitrogen and oxygen atoms in total. The Balaban J connectivity index is 1.37. The number of rotatable bonds is 6. The lowest BCUT2D eigenvalue weighted by molar-refractivity contribution is 0.1000. The molecule has 2 aliphatic heterocycles. The molecule has 2 atom stereocenters. The van der Waals surface area contributed by atoms with Crippen LogP contribution in [-0.4, -0.2) is 40.6 Å². The van der Waals surface area contributed by atoms with Gasteiger partial charge in [-0.3, -0.25) is 4.79 Å². The number of anilines is 1. The van der Waals surface area contributed by atoms with Gasteiger partial charge in [-0.25, -0.2) is 13.8 Å². The quantitative estimate of drug-likeness (QED) is 0.619. The molecule has 0 saturated carbocycles. The molecule has 2 aromatic heterocycles. The minimum atomic E-state index is -0.527. The number of nitrogens with one attached hydrogen (secondary N) is 1. The zero-order chi connectivity index (χ0) is 22.4. The van der Waals surface area contributed by atoms with E-state index in [-0.39, 0.29) is 11.6 Å². The largest absolute Gasteiger partial charge is 0.366 e. The number of nitrogens with zero attached hydrogens (tertiary/aromatic N) is 3. The van der Waals surface area contributed by atoms with Crippen molar-refractivity contribution in [3.05, 3.63) is 58.9 Å². The molecule has 3 aromatic rings. The number of benzene rings is 1. The Kier molecular flexibility index (Phi) is 5.33. The number of carbonyl (C=O) groups is 1. The van der Waals surface area contributed by atoms with Gasteiger partial charge in [0.25, 0.3) is 0 Å². The van der Waals surface area contributed by atoms with Gasteiger partial charge in [-0.1, -0.05) is 0 Å². The number of piperazine rings is 1. The third-order valence-electron chi connectivity index (χ3n) is 6.74. The van der Waals surface area contributed by atoms with E-state index in [0.717, 1.165) is 29.6 Å². The van der Waals surface area contributed by atoms with Crippen LogP contribution in [0.25, 0.3) is 11.0 Å². The SMILES string of the molecule is CCn1c(CCc2cc(F)c(N3CC4CCC(C3)N4)cc2F)cc2cc(C(N)=O)cnc21. The molecule has 2 aliphatic rings. The fourth-order valence-electron chi connectivity index (χ4n) is 5.16. The molecule has 2 unspecified atom stereocenters. The van der Waals surface area contributed by atoms with Gasteiger partial charge in [-0.15, -0.1) is 0 Å². The van der Waals surface area contributed by atoms with Crippen LogP contribution in [0.4, 0.5) is 14.5 Å². The van der Waals surface area contributed by atoms with E-state index in [2.05, 4.69) is 10.3 Å². The lowest BCUT2D eigenvalue weighted by atomic mass is 10.1. The van der Waals surface area contributed by atoms with E-state index in [1.807, 2.05) is 22.5 Å². The molecule has 0 aliphatic carbocycles. The molecule has 5 rings (SSSR count). The number of aromatic nitrogens is 2. The topological polar surface area (TPSA) is 76.2 Å². The molecule has 32 heavy (non-hydrogen) atoms. The summed E-state index contributed by atoms with van der Waals surface area (Å²) >= 11 is 0. The van der Waals surface area contributed by atoms with Crippen LogP contribution in [0.3, 0.4) is 0 Å². The second-order valence-electron chi connectivity index (χ2n) is 8.82. The van der Waals surface area contributed by atoms with Gasteiger partial charge in [0.2, 0.25) is 5.91 Å². The lowest BCUT2D eigenvalue weighted by Crippen LogP contribution is -2.51. The van der Waals surface area contributed by atoms with Crippen LogP contribution < -0.4 is 16.0 Å². The van der Waals surface area contributed by atoms with Crippen molar-refractivity contribution < 1.29 is 13.6 Å². The van der Waals surface area contributed by atoms with Gasteiger partial charge in [-0.05, 0) is 56.4 Å². The fourth-order valence-corrected chi connectivity index (χ4v) is 5.16. The predicted octanol–water partition coefficient (Wildman–Crippen LogP) is 3.16. The molecule has 3 N–H and O–H groups in total. The second kappa shape index (κ2) is 8.16. The maximum Gasteiger partial charge on any atom is 0.250 e. The zero-order valence-electron chi connectivity index (χ0n) is 18.1. The first kappa shape index (κ1) is 20.9. The van der Waals surface area contributed by atoms with Crippen molar-refractivity contribution in [1.29, 1.82) is 0 Å². The highest BCUT2D eigenvalue weighted by molar-refractivity contribution is 5.96. The zero-order valence-corrected chi connectivity index (χ0v) is 18.1. The van der Waals surface area contributed by atoms with Crippen LogP contribution in [0.15, 0.2) is 30.5 Å². The number of pyridine rings is 1. The van der Waals surface area contributed by atoms with Gasteiger partial charge in [0, 0.05) is 55.1 Å². The summed E-state index contributed by atoms with van der Waals surface area (Å²) in [5, 5.41) is 4.33. The van der Waals surface area contributed by atoms with Gasteiger partial charge < -0.3 is 20.5 Å². The highest BCUT2D eigenvalue weighted by Gasteiger charge is 2.33. The summed E-state index contributed by atoms with van der Waals surface area (Å²) in [7, 11) is 0. The Morgan fingerprint density at radius 1 is 1.12 bits per heavy atom. The molecular weight excluding hydrogens is 412 g/mol. The summed E-state index contributed by atoms with van der Waals surface area (Å²) in [5.74, 6) is -1.27. The summed E-state index contributed by atoms with van der Waals surface area (Å²) in [6, 6.07) is 7.07. The van der Waals surface area contributed by atoms with Gasteiger partial charge >= 0.3 is 0 Å². The molecule has 1 aromatic carbocycles. The van der Waals surface area contributed by atoms with Crippen molar-refractivity contribution in [2.24, 2.45) is 5.73 Å². The van der Waals surface area contributed by atoms with E-state index in [1.165, 1.54) is 18.3 Å². The van der Waals surface area contributed by atoms with Crippen LogP contribution in [0.1, 0.15) is 41.4 Å². The maximum atomic E-state index is 15.0. The number of primary amides is 1. The Bertz CT molecular complexity index is 1180. The Hall–Kier alpha value is -3.00. The van der Waals surface area contributed by atoms with Crippen LogP contribution in [0.2, 0.25) is 0 Å². The monoisotopic (exact) mass is 439 g/mol. The highest BCUT2D eigenvalue weighted by Crippen LogP contribution is 2.30. The van der Waals surface area contributed by atoms with Crippen molar-refractivity contribution in [2.75, 3.05) is 18.0 Å². The van der Waals surface area contributed by atoms with Crippen molar-refractivity contribution in [3.63, 3.8) is 0 Å². The van der Waals surface area contributed by atoms with Crippen molar-refractivity contribution in [2.45, 2.75) is 51.2 Å². The van der Waals surface area contributed by atoms with Crippen molar-refractivity contribution in [1.82, 2.24) is 14.9 Å². The van der Waals surface area contributed by atoms with E-state index in [9.17, 15) is 13.6 Å². The number of hydrogen-bond acceptors (Lipinski definition) is 4. The summed E-state index contributed by atoms with van der Waals surface area (Å²) in [4.78, 5) is 17.8. The smallest absolute Gasteiger partial charge is 0.250 e. The van der Waals surface area contributed by atoms with E-state index in [1.54, 1.807) is 6.07 Å². The molecule has 168 valence electrons. The molecule has 4 heterocycles. The van der Waals surface area contributed by atoms with E-state index >= 15 is 0 Å². The lowest BCUT2D eigenvalue weighted by Gasteiger charge is -2.34. The molecular formula is C24H27F2N5O. The Morgan fingerprint density at radius 3 is 2.56 bits per heavy atom. The van der Waals surface area contributed by atoms with Crippen LogP contribution >= 0.6 is 0 Å². The number of halogens is 2. The van der Waals surface area contributed by atoms with Crippen LogP contribution in [0.5, 0.6) is 0 Å². The number of aryl methyl sites for hydroxylation is 3. The molecule has 0 radical (unpaired) electrons. The van der Waals surface area contributed by atoms with Gasteiger partial charge in [0.15, 0.2) is 0 Å². The molecule has 8 heteroatoms. The third-order valence-corrected chi connectivity index (χ3v) is 6.74. The van der Waals surface area contributed by atoms with Gasteiger partial charge in [0.05, 0.1) is 11.3 Å². The number of nitrogens with two attached hydrogens (primary N) is 1. The van der Waals surface area contributed by atoms with Crippen LogP contribution in [-0.2, 0) is 19.4 Å². The van der Waals surface area contributed by atoms with E-state index < -0.39 is 5.91 Å². The first-order chi connectivity index (χ1) is 15.4.